The van der Waals surface area contributed by atoms with Gasteiger partial charge < -0.3 is 9.33 Å². The van der Waals surface area contributed by atoms with Crippen molar-refractivity contribution < 1.29 is 4.43 Å². The van der Waals surface area contributed by atoms with Crippen LogP contribution in [0.4, 0.5) is 0 Å². The highest BCUT2D eigenvalue weighted by Crippen LogP contribution is 2.11. The Kier molecular flexibility index (Phi) is 4.28. The highest BCUT2D eigenvalue weighted by atomic mass is 32.1. The molecule has 1 heterocycles. The van der Waals surface area contributed by atoms with Gasteiger partial charge in [-0.15, -0.1) is 0 Å². The van der Waals surface area contributed by atoms with Gasteiger partial charge in [-0.3, -0.25) is 0 Å². The smallest absolute Gasteiger partial charge is 0.184 e. The average molecular weight is 229 g/mol. The highest BCUT2D eigenvalue weighted by Gasteiger charge is 2.14. The van der Waals surface area contributed by atoms with Gasteiger partial charge in [0.05, 0.1) is 11.6 Å². The standard InChI is InChI=1S/C10H19NOSSi/c1-14(2,3)12-9-5-8-11-7-4-6-10(11)13/h5,8H,4,6-7,9H2,1-3H3/b8-5+. The fourth-order valence-corrected chi connectivity index (χ4v) is 2.19. The Morgan fingerprint density at radius 3 is 2.71 bits per heavy atom. The summed E-state index contributed by atoms with van der Waals surface area (Å²) in [5.74, 6) is 0. The lowest BCUT2D eigenvalue weighted by Gasteiger charge is -2.16. The lowest BCUT2D eigenvalue weighted by atomic mass is 10.4. The first kappa shape index (κ1) is 11.9. The molecule has 0 bridgehead atoms. The molecular formula is C10H19NOSSi. The summed E-state index contributed by atoms with van der Waals surface area (Å²) in [5, 5.41) is 0. The summed E-state index contributed by atoms with van der Waals surface area (Å²) in [7, 11) is -1.35. The molecule has 0 aromatic rings. The van der Waals surface area contributed by atoms with Gasteiger partial charge in [0.1, 0.15) is 0 Å². The van der Waals surface area contributed by atoms with Crippen LogP contribution in [0.25, 0.3) is 0 Å². The molecule has 1 saturated heterocycles. The van der Waals surface area contributed by atoms with Gasteiger partial charge in [0.25, 0.3) is 0 Å². The Bertz CT molecular complexity index is 235. The van der Waals surface area contributed by atoms with Crippen molar-refractivity contribution >= 4 is 25.5 Å². The van der Waals surface area contributed by atoms with Crippen molar-refractivity contribution in [3.63, 3.8) is 0 Å². The quantitative estimate of drug-likeness (QED) is 0.543. The zero-order valence-corrected chi connectivity index (χ0v) is 11.1. The number of nitrogens with zero attached hydrogens (tertiary/aromatic N) is 1. The van der Waals surface area contributed by atoms with Crippen LogP contribution in [0, 0.1) is 0 Å². The molecule has 1 fully saturated rings. The maximum absolute atomic E-state index is 5.71. The maximum Gasteiger partial charge on any atom is 0.184 e. The Morgan fingerprint density at radius 2 is 2.21 bits per heavy atom. The number of thiocarbonyl (C=S) groups is 1. The molecule has 1 rings (SSSR count). The number of likely N-dealkylation sites (tertiary alicyclic amines) is 1. The Labute approximate surface area is 93.1 Å². The van der Waals surface area contributed by atoms with Crippen LogP contribution in [-0.4, -0.2) is 31.4 Å². The lowest BCUT2D eigenvalue weighted by Crippen LogP contribution is -2.25. The first-order chi connectivity index (χ1) is 6.49. The predicted octanol–water partition coefficient (Wildman–Crippen LogP) is 2.77. The second-order valence-electron chi connectivity index (χ2n) is 4.50. The second kappa shape index (κ2) is 5.05. The summed E-state index contributed by atoms with van der Waals surface area (Å²) in [6.45, 7) is 8.38. The van der Waals surface area contributed by atoms with Gasteiger partial charge in [-0.05, 0) is 38.6 Å². The fraction of sp³-hybridized carbons (Fsp3) is 0.700. The third-order valence-electron chi connectivity index (χ3n) is 2.01. The molecule has 0 aromatic heterocycles. The molecular weight excluding hydrogens is 210 g/mol. The Balaban J connectivity index is 2.24. The first-order valence-electron chi connectivity index (χ1n) is 5.09. The van der Waals surface area contributed by atoms with Crippen molar-refractivity contribution in [3.8, 4) is 0 Å². The third kappa shape index (κ3) is 4.35. The number of rotatable bonds is 4. The Morgan fingerprint density at radius 1 is 1.50 bits per heavy atom. The zero-order valence-electron chi connectivity index (χ0n) is 9.25. The van der Waals surface area contributed by atoms with Crippen molar-refractivity contribution in [2.24, 2.45) is 0 Å². The van der Waals surface area contributed by atoms with E-state index in [1.165, 1.54) is 6.42 Å². The average Bonchev–Trinajstić information content (AvgIpc) is 2.44. The lowest BCUT2D eigenvalue weighted by molar-refractivity contribution is 0.355. The molecule has 80 valence electrons. The molecule has 0 aromatic carbocycles. The van der Waals surface area contributed by atoms with E-state index < -0.39 is 8.32 Å². The number of hydrogen-bond acceptors (Lipinski definition) is 2. The SMILES string of the molecule is C[Si](C)(C)OC/C=C/N1CCCC1=S. The molecule has 0 aliphatic carbocycles. The Hall–Kier alpha value is -0.193. The molecule has 0 radical (unpaired) electrons. The summed E-state index contributed by atoms with van der Waals surface area (Å²) >= 11 is 5.21. The molecule has 1 aliphatic rings. The van der Waals surface area contributed by atoms with E-state index in [1.807, 2.05) is 0 Å². The summed E-state index contributed by atoms with van der Waals surface area (Å²) in [6.07, 6.45) is 6.39. The van der Waals surface area contributed by atoms with E-state index in [9.17, 15) is 0 Å². The minimum atomic E-state index is -1.35. The van der Waals surface area contributed by atoms with E-state index in [2.05, 4.69) is 36.8 Å². The molecule has 14 heavy (non-hydrogen) atoms. The highest BCUT2D eigenvalue weighted by molar-refractivity contribution is 7.80. The van der Waals surface area contributed by atoms with E-state index in [4.69, 9.17) is 16.6 Å². The molecule has 2 nitrogen and oxygen atoms in total. The zero-order chi connectivity index (χ0) is 10.6. The van der Waals surface area contributed by atoms with Crippen LogP contribution < -0.4 is 0 Å². The van der Waals surface area contributed by atoms with Gasteiger partial charge in [0.15, 0.2) is 8.32 Å². The van der Waals surface area contributed by atoms with Gasteiger partial charge >= 0.3 is 0 Å². The predicted molar refractivity (Wildman–Crippen MR) is 67.0 cm³/mol. The molecule has 0 saturated carbocycles. The van der Waals surface area contributed by atoms with E-state index >= 15 is 0 Å². The summed E-state index contributed by atoms with van der Waals surface area (Å²) in [4.78, 5) is 3.21. The maximum atomic E-state index is 5.71. The summed E-state index contributed by atoms with van der Waals surface area (Å²) < 4.78 is 5.71. The van der Waals surface area contributed by atoms with Crippen LogP contribution in [0.3, 0.4) is 0 Å². The molecule has 0 atom stereocenters. The minimum Gasteiger partial charge on any atom is -0.414 e. The van der Waals surface area contributed by atoms with Crippen molar-refractivity contribution in [1.29, 1.82) is 0 Å². The van der Waals surface area contributed by atoms with E-state index in [0.29, 0.717) is 0 Å². The van der Waals surface area contributed by atoms with Crippen LogP contribution in [0.5, 0.6) is 0 Å². The molecule has 1 aliphatic heterocycles. The third-order valence-corrected chi connectivity index (χ3v) is 3.48. The van der Waals surface area contributed by atoms with E-state index in [0.717, 1.165) is 24.6 Å². The van der Waals surface area contributed by atoms with Gasteiger partial charge in [0, 0.05) is 12.7 Å². The van der Waals surface area contributed by atoms with Crippen LogP contribution in [0.1, 0.15) is 12.8 Å². The molecule has 0 N–H and O–H groups in total. The molecule has 0 amide bonds. The van der Waals surface area contributed by atoms with Crippen molar-refractivity contribution in [1.82, 2.24) is 4.90 Å². The van der Waals surface area contributed by atoms with Crippen LogP contribution in [0.2, 0.25) is 19.6 Å². The van der Waals surface area contributed by atoms with Crippen molar-refractivity contribution in [2.75, 3.05) is 13.2 Å². The topological polar surface area (TPSA) is 12.5 Å². The van der Waals surface area contributed by atoms with Gasteiger partial charge in [0.2, 0.25) is 0 Å². The summed E-state index contributed by atoms with van der Waals surface area (Å²) in [6, 6.07) is 0. The van der Waals surface area contributed by atoms with Crippen molar-refractivity contribution in [3.05, 3.63) is 12.3 Å². The normalized spacial score (nSPS) is 18.5. The van der Waals surface area contributed by atoms with Crippen LogP contribution >= 0.6 is 12.2 Å². The van der Waals surface area contributed by atoms with Crippen molar-refractivity contribution in [2.45, 2.75) is 32.5 Å². The molecule has 0 unspecified atom stereocenters. The minimum absolute atomic E-state index is 0.717. The van der Waals surface area contributed by atoms with E-state index in [-0.39, 0.29) is 0 Å². The summed E-state index contributed by atoms with van der Waals surface area (Å²) in [5.41, 5.74) is 0. The van der Waals surface area contributed by atoms with E-state index in [1.54, 1.807) is 0 Å². The first-order valence-corrected chi connectivity index (χ1v) is 8.91. The van der Waals surface area contributed by atoms with Crippen LogP contribution in [0.15, 0.2) is 12.3 Å². The van der Waals surface area contributed by atoms with Gasteiger partial charge in [-0.25, -0.2) is 0 Å². The fourth-order valence-electron chi connectivity index (χ4n) is 1.29. The molecule has 4 heteroatoms. The number of hydrogen-bond donors (Lipinski definition) is 0. The molecule has 0 spiro atoms. The van der Waals surface area contributed by atoms with Crippen LogP contribution in [-0.2, 0) is 4.43 Å². The second-order valence-corrected chi connectivity index (χ2v) is 9.48. The van der Waals surface area contributed by atoms with Gasteiger partial charge in [-0.1, -0.05) is 12.2 Å². The van der Waals surface area contributed by atoms with Gasteiger partial charge in [-0.2, -0.15) is 0 Å². The largest absolute Gasteiger partial charge is 0.414 e. The monoisotopic (exact) mass is 229 g/mol.